The van der Waals surface area contributed by atoms with Crippen LogP contribution < -0.4 is 5.32 Å². The number of hydrogen-bond donors (Lipinski definition) is 2. The molecule has 0 unspecified atom stereocenters. The first-order valence-electron chi connectivity index (χ1n) is 11.5. The summed E-state index contributed by atoms with van der Waals surface area (Å²) in [6, 6.07) is 16.1. The van der Waals surface area contributed by atoms with Gasteiger partial charge in [0.25, 0.3) is 0 Å². The van der Waals surface area contributed by atoms with Crippen molar-refractivity contribution < 1.29 is 29.0 Å². The van der Waals surface area contributed by atoms with Crippen molar-refractivity contribution >= 4 is 23.9 Å². The molecule has 0 spiro atoms. The summed E-state index contributed by atoms with van der Waals surface area (Å²) in [5.41, 5.74) is 3.54. The number of benzene rings is 2. The van der Waals surface area contributed by atoms with Gasteiger partial charge in [0.15, 0.2) is 0 Å². The van der Waals surface area contributed by atoms with Gasteiger partial charge in [-0.2, -0.15) is 0 Å². The lowest BCUT2D eigenvalue weighted by Gasteiger charge is -2.37. The molecule has 0 atom stereocenters. The number of carboxylic acids is 1. The number of carboxylic acid groups (broad SMARTS) is 1. The maximum Gasteiger partial charge on any atom is 0.407 e. The number of carbonyl (C=O) groups excluding carboxylic acids is 3. The Balaban J connectivity index is 1.30. The molecule has 0 bridgehead atoms. The zero-order chi connectivity index (χ0) is 25.2. The summed E-state index contributed by atoms with van der Waals surface area (Å²) in [6.07, 6.45) is -0.616. The number of rotatable bonds is 7. The Hall–Kier alpha value is -3.88. The Morgan fingerprint density at radius 2 is 1.63 bits per heavy atom. The van der Waals surface area contributed by atoms with Crippen molar-refractivity contribution in [3.8, 4) is 11.1 Å². The van der Waals surface area contributed by atoms with Crippen LogP contribution in [0.15, 0.2) is 48.5 Å². The van der Waals surface area contributed by atoms with Gasteiger partial charge in [-0.3, -0.25) is 14.4 Å². The molecule has 0 radical (unpaired) electrons. The van der Waals surface area contributed by atoms with Gasteiger partial charge in [-0.25, -0.2) is 4.79 Å². The van der Waals surface area contributed by atoms with Gasteiger partial charge in [0.2, 0.25) is 11.8 Å². The first kappa shape index (κ1) is 24.3. The maximum atomic E-state index is 13.0. The molecular formula is C26H29N3O6. The van der Waals surface area contributed by atoms with Crippen LogP contribution >= 0.6 is 0 Å². The molecule has 1 fully saturated rings. The Labute approximate surface area is 203 Å². The van der Waals surface area contributed by atoms with Crippen molar-refractivity contribution in [2.24, 2.45) is 5.41 Å². The molecule has 3 amide bonds. The Kier molecular flexibility index (Phi) is 6.77. The number of amides is 3. The molecule has 4 rings (SSSR count). The van der Waals surface area contributed by atoms with Crippen LogP contribution in [0, 0.1) is 5.41 Å². The number of fused-ring (bicyclic) bond motifs is 3. The fourth-order valence-electron chi connectivity index (χ4n) is 4.66. The minimum Gasteiger partial charge on any atom is -0.480 e. The van der Waals surface area contributed by atoms with Crippen molar-refractivity contribution in [1.29, 1.82) is 0 Å². The fraction of sp³-hybridized carbons (Fsp3) is 0.385. The van der Waals surface area contributed by atoms with Crippen LogP contribution in [0.3, 0.4) is 0 Å². The van der Waals surface area contributed by atoms with E-state index in [1.165, 1.54) is 9.80 Å². The second-order valence-electron chi connectivity index (χ2n) is 9.50. The third-order valence-corrected chi connectivity index (χ3v) is 6.53. The summed E-state index contributed by atoms with van der Waals surface area (Å²) in [4.78, 5) is 51.2. The highest BCUT2D eigenvalue weighted by molar-refractivity contribution is 5.90. The summed E-state index contributed by atoms with van der Waals surface area (Å²) < 4.78 is 5.54. The number of ether oxygens (including phenoxy) is 1. The number of alkyl carbamates (subject to hydrolysis) is 1. The largest absolute Gasteiger partial charge is 0.480 e. The van der Waals surface area contributed by atoms with Crippen LogP contribution in [0.4, 0.5) is 4.79 Å². The van der Waals surface area contributed by atoms with Gasteiger partial charge in [0, 0.05) is 25.6 Å². The van der Waals surface area contributed by atoms with Gasteiger partial charge < -0.3 is 25.0 Å². The molecule has 2 aromatic carbocycles. The lowest BCUT2D eigenvalue weighted by molar-refractivity contribution is -0.153. The highest BCUT2D eigenvalue weighted by atomic mass is 16.5. The molecule has 2 N–H and O–H groups in total. The molecule has 1 saturated heterocycles. The van der Waals surface area contributed by atoms with Gasteiger partial charge in [0.05, 0.1) is 12.0 Å². The topological polar surface area (TPSA) is 116 Å². The lowest BCUT2D eigenvalue weighted by Crippen LogP contribution is -2.57. The quantitative estimate of drug-likeness (QED) is 0.630. The van der Waals surface area contributed by atoms with E-state index in [4.69, 9.17) is 9.84 Å². The van der Waals surface area contributed by atoms with E-state index in [0.717, 1.165) is 22.3 Å². The number of aliphatic carboxylic acids is 1. The SMILES string of the molecule is CC(C)(CNC(=O)OCC1c2ccccc2-c2ccccc21)C(=O)N1CCN(CC(=O)O)C(=O)C1. The average molecular weight is 480 g/mol. The smallest absolute Gasteiger partial charge is 0.407 e. The predicted octanol–water partition coefficient (Wildman–Crippen LogP) is 2.31. The Bertz CT molecular complexity index is 1120. The fourth-order valence-corrected chi connectivity index (χ4v) is 4.66. The predicted molar refractivity (Wildman–Crippen MR) is 128 cm³/mol. The first-order valence-corrected chi connectivity index (χ1v) is 11.5. The molecule has 9 nitrogen and oxygen atoms in total. The number of piperazine rings is 1. The van der Waals surface area contributed by atoms with E-state index >= 15 is 0 Å². The Morgan fingerprint density at radius 3 is 2.20 bits per heavy atom. The van der Waals surface area contributed by atoms with Crippen LogP contribution in [-0.2, 0) is 19.1 Å². The molecule has 0 aromatic heterocycles. The normalized spacial score (nSPS) is 15.4. The van der Waals surface area contributed by atoms with Crippen molar-refractivity contribution in [3.63, 3.8) is 0 Å². The van der Waals surface area contributed by atoms with Gasteiger partial charge >= 0.3 is 12.1 Å². The van der Waals surface area contributed by atoms with Gasteiger partial charge in [-0.1, -0.05) is 48.5 Å². The molecule has 2 aromatic rings. The molecule has 1 aliphatic heterocycles. The number of carbonyl (C=O) groups is 4. The zero-order valence-corrected chi connectivity index (χ0v) is 19.8. The van der Waals surface area contributed by atoms with E-state index in [-0.39, 0.29) is 51.2 Å². The van der Waals surface area contributed by atoms with Crippen molar-refractivity contribution in [2.75, 3.05) is 39.3 Å². The minimum absolute atomic E-state index is 0.0338. The molecular weight excluding hydrogens is 450 g/mol. The summed E-state index contributed by atoms with van der Waals surface area (Å²) in [5, 5.41) is 11.6. The molecule has 1 aliphatic carbocycles. The summed E-state index contributed by atoms with van der Waals surface area (Å²) in [6.45, 7) is 3.42. The van der Waals surface area contributed by atoms with Crippen molar-refractivity contribution in [1.82, 2.24) is 15.1 Å². The molecule has 184 valence electrons. The number of nitrogens with zero attached hydrogens (tertiary/aromatic N) is 2. The third-order valence-electron chi connectivity index (χ3n) is 6.53. The van der Waals surface area contributed by atoms with Gasteiger partial charge in [-0.15, -0.1) is 0 Å². The van der Waals surface area contributed by atoms with E-state index < -0.39 is 23.4 Å². The highest BCUT2D eigenvalue weighted by Gasteiger charge is 2.37. The van der Waals surface area contributed by atoms with E-state index in [1.54, 1.807) is 13.8 Å². The van der Waals surface area contributed by atoms with E-state index in [9.17, 15) is 19.2 Å². The molecule has 0 saturated carbocycles. The molecule has 2 aliphatic rings. The standard InChI is InChI=1S/C26H29N3O6/c1-26(2,24(33)29-12-11-28(14-23(31)32)22(30)13-29)16-27-25(34)35-15-21-19-9-5-3-7-17(19)18-8-4-6-10-20(18)21/h3-10,21H,11-16H2,1-2H3,(H,27,34)(H,31,32). The summed E-state index contributed by atoms with van der Waals surface area (Å²) in [7, 11) is 0. The molecule has 9 heteroatoms. The van der Waals surface area contributed by atoms with E-state index in [2.05, 4.69) is 17.4 Å². The van der Waals surface area contributed by atoms with Crippen LogP contribution in [-0.4, -0.2) is 78.1 Å². The Morgan fingerprint density at radius 1 is 1.03 bits per heavy atom. The third kappa shape index (κ3) is 5.13. The monoisotopic (exact) mass is 479 g/mol. The molecule has 1 heterocycles. The van der Waals surface area contributed by atoms with Crippen LogP contribution in [0.1, 0.15) is 30.9 Å². The van der Waals surface area contributed by atoms with Crippen molar-refractivity contribution in [2.45, 2.75) is 19.8 Å². The number of hydrogen-bond acceptors (Lipinski definition) is 5. The minimum atomic E-state index is -1.09. The molecule has 35 heavy (non-hydrogen) atoms. The first-order chi connectivity index (χ1) is 16.7. The summed E-state index contributed by atoms with van der Waals surface area (Å²) in [5.74, 6) is -1.85. The van der Waals surface area contributed by atoms with Gasteiger partial charge in [-0.05, 0) is 36.1 Å². The van der Waals surface area contributed by atoms with Crippen molar-refractivity contribution in [3.05, 3.63) is 59.7 Å². The van der Waals surface area contributed by atoms with Crippen LogP contribution in [0.2, 0.25) is 0 Å². The zero-order valence-electron chi connectivity index (χ0n) is 19.8. The van der Waals surface area contributed by atoms with Crippen LogP contribution in [0.25, 0.3) is 11.1 Å². The number of nitrogens with one attached hydrogen (secondary N) is 1. The van der Waals surface area contributed by atoms with Gasteiger partial charge in [0.1, 0.15) is 13.2 Å². The highest BCUT2D eigenvalue weighted by Crippen LogP contribution is 2.44. The second kappa shape index (κ2) is 9.77. The average Bonchev–Trinajstić information content (AvgIpc) is 3.16. The second-order valence-corrected chi connectivity index (χ2v) is 9.50. The van der Waals surface area contributed by atoms with E-state index in [0.29, 0.717) is 0 Å². The lowest BCUT2D eigenvalue weighted by atomic mass is 9.91. The summed E-state index contributed by atoms with van der Waals surface area (Å²) >= 11 is 0. The maximum absolute atomic E-state index is 13.0. The van der Waals surface area contributed by atoms with Crippen LogP contribution in [0.5, 0.6) is 0 Å². The van der Waals surface area contributed by atoms with E-state index in [1.807, 2.05) is 36.4 Å².